The van der Waals surface area contributed by atoms with Crippen molar-refractivity contribution in [2.45, 2.75) is 25.4 Å². The molecule has 3 heteroatoms. The Morgan fingerprint density at radius 2 is 1.90 bits per heavy atom. The Bertz CT molecular complexity index is 579. The zero-order valence-corrected chi connectivity index (χ0v) is 12.4. The van der Waals surface area contributed by atoms with Gasteiger partial charge in [0, 0.05) is 25.3 Å². The van der Waals surface area contributed by atoms with Crippen LogP contribution < -0.4 is 10.2 Å². The Morgan fingerprint density at radius 1 is 1.15 bits per heavy atom. The first-order valence-electron chi connectivity index (χ1n) is 7.04. The summed E-state index contributed by atoms with van der Waals surface area (Å²) in [6.45, 7) is 0.902. The molecule has 2 nitrogen and oxygen atoms in total. The van der Waals surface area contributed by atoms with Gasteiger partial charge in [-0.2, -0.15) is 0 Å². The molecule has 0 bridgehead atoms. The van der Waals surface area contributed by atoms with Crippen LogP contribution in [0.1, 0.15) is 18.4 Å². The van der Waals surface area contributed by atoms with Gasteiger partial charge >= 0.3 is 0 Å². The predicted octanol–water partition coefficient (Wildman–Crippen LogP) is 4.36. The maximum atomic E-state index is 6.44. The van der Waals surface area contributed by atoms with Crippen LogP contribution in [0.2, 0.25) is 5.02 Å². The molecular formula is C17H19ClN2. The highest BCUT2D eigenvalue weighted by Gasteiger charge is 2.20. The van der Waals surface area contributed by atoms with Gasteiger partial charge in [0.15, 0.2) is 0 Å². The van der Waals surface area contributed by atoms with E-state index in [1.165, 1.54) is 18.4 Å². The molecular weight excluding hydrogens is 268 g/mol. The molecule has 0 spiro atoms. The van der Waals surface area contributed by atoms with E-state index in [4.69, 9.17) is 11.6 Å². The van der Waals surface area contributed by atoms with Gasteiger partial charge in [-0.3, -0.25) is 0 Å². The maximum Gasteiger partial charge on any atom is 0.0646 e. The van der Waals surface area contributed by atoms with Crippen molar-refractivity contribution in [1.29, 1.82) is 0 Å². The Kier molecular flexibility index (Phi) is 3.95. The van der Waals surface area contributed by atoms with E-state index >= 15 is 0 Å². The summed E-state index contributed by atoms with van der Waals surface area (Å²) in [4.78, 5) is 2.11. The molecule has 1 aliphatic rings. The first-order valence-corrected chi connectivity index (χ1v) is 7.42. The van der Waals surface area contributed by atoms with Crippen molar-refractivity contribution in [1.82, 2.24) is 5.32 Å². The van der Waals surface area contributed by atoms with E-state index in [9.17, 15) is 0 Å². The Hall–Kier alpha value is -1.51. The summed E-state index contributed by atoms with van der Waals surface area (Å²) in [5.74, 6) is 0. The van der Waals surface area contributed by atoms with Gasteiger partial charge < -0.3 is 10.2 Å². The van der Waals surface area contributed by atoms with Crippen molar-refractivity contribution in [2.24, 2.45) is 0 Å². The molecule has 0 aromatic heterocycles. The van der Waals surface area contributed by atoms with E-state index in [0.717, 1.165) is 29.0 Å². The predicted molar refractivity (Wildman–Crippen MR) is 85.8 cm³/mol. The topological polar surface area (TPSA) is 15.3 Å². The van der Waals surface area contributed by atoms with Crippen molar-refractivity contribution in [3.05, 3.63) is 59.1 Å². The fourth-order valence-corrected chi connectivity index (χ4v) is 2.60. The number of benzene rings is 2. The highest BCUT2D eigenvalue weighted by molar-refractivity contribution is 6.33. The van der Waals surface area contributed by atoms with Crippen LogP contribution in [-0.4, -0.2) is 13.1 Å². The summed E-state index contributed by atoms with van der Waals surface area (Å²) >= 11 is 6.44. The minimum atomic E-state index is 0.723. The lowest BCUT2D eigenvalue weighted by molar-refractivity contribution is 0.688. The number of halogens is 1. The summed E-state index contributed by atoms with van der Waals surface area (Å²) in [6, 6.07) is 17.3. The summed E-state index contributed by atoms with van der Waals surface area (Å²) in [6.07, 6.45) is 2.62. The van der Waals surface area contributed by atoms with Gasteiger partial charge in [-0.25, -0.2) is 0 Å². The van der Waals surface area contributed by atoms with E-state index < -0.39 is 0 Å². The molecule has 0 radical (unpaired) electrons. The van der Waals surface area contributed by atoms with Crippen LogP contribution in [0.3, 0.4) is 0 Å². The standard InChI is InChI=1S/C17H19ClN2/c1-20(15-5-3-2-4-6-15)17-10-7-13(11-16(17)18)12-19-14-8-9-14/h2-7,10-11,14,19H,8-9,12H2,1H3. The molecule has 0 unspecified atom stereocenters. The second-order valence-electron chi connectivity index (χ2n) is 5.34. The maximum absolute atomic E-state index is 6.44. The SMILES string of the molecule is CN(c1ccccc1)c1ccc(CNC2CC2)cc1Cl. The first-order chi connectivity index (χ1) is 9.74. The monoisotopic (exact) mass is 286 g/mol. The fourth-order valence-electron chi connectivity index (χ4n) is 2.27. The normalized spacial score (nSPS) is 14.3. The lowest BCUT2D eigenvalue weighted by atomic mass is 10.2. The van der Waals surface area contributed by atoms with Crippen LogP contribution in [0.5, 0.6) is 0 Å². The van der Waals surface area contributed by atoms with Gasteiger partial charge in [-0.1, -0.05) is 35.9 Å². The molecule has 0 amide bonds. The number of nitrogens with zero attached hydrogens (tertiary/aromatic N) is 1. The molecule has 1 fully saturated rings. The lowest BCUT2D eigenvalue weighted by Gasteiger charge is -2.21. The summed E-state index contributed by atoms with van der Waals surface area (Å²) in [5.41, 5.74) is 3.42. The molecule has 1 aliphatic carbocycles. The molecule has 1 saturated carbocycles. The number of nitrogens with one attached hydrogen (secondary N) is 1. The molecule has 3 rings (SSSR count). The van der Waals surface area contributed by atoms with Crippen LogP contribution in [0.25, 0.3) is 0 Å². The summed E-state index contributed by atoms with van der Waals surface area (Å²) < 4.78 is 0. The van der Waals surface area contributed by atoms with Crippen molar-refractivity contribution >= 4 is 23.0 Å². The van der Waals surface area contributed by atoms with Gasteiger partial charge in [-0.05, 0) is 42.7 Å². The van der Waals surface area contributed by atoms with Crippen molar-refractivity contribution < 1.29 is 0 Å². The minimum Gasteiger partial charge on any atom is -0.343 e. The molecule has 0 aliphatic heterocycles. The minimum absolute atomic E-state index is 0.723. The van der Waals surface area contributed by atoms with Crippen molar-refractivity contribution in [2.75, 3.05) is 11.9 Å². The zero-order chi connectivity index (χ0) is 13.9. The van der Waals surface area contributed by atoms with Gasteiger partial charge in [-0.15, -0.1) is 0 Å². The Morgan fingerprint density at radius 3 is 2.55 bits per heavy atom. The quantitative estimate of drug-likeness (QED) is 0.878. The number of hydrogen-bond donors (Lipinski definition) is 1. The van der Waals surface area contributed by atoms with Crippen LogP contribution in [-0.2, 0) is 6.54 Å². The summed E-state index contributed by atoms with van der Waals surface area (Å²) in [7, 11) is 2.04. The fraction of sp³-hybridized carbons (Fsp3) is 0.294. The van der Waals surface area contributed by atoms with E-state index in [-0.39, 0.29) is 0 Å². The van der Waals surface area contributed by atoms with Gasteiger partial charge in [0.05, 0.1) is 10.7 Å². The molecule has 2 aromatic carbocycles. The Labute approximate surface area is 125 Å². The largest absolute Gasteiger partial charge is 0.343 e. The third-order valence-corrected chi connectivity index (χ3v) is 3.99. The van der Waals surface area contributed by atoms with E-state index in [1.807, 2.05) is 25.2 Å². The average molecular weight is 287 g/mol. The molecule has 1 N–H and O–H groups in total. The lowest BCUT2D eigenvalue weighted by Crippen LogP contribution is -2.15. The average Bonchev–Trinajstić information content (AvgIpc) is 3.30. The second-order valence-corrected chi connectivity index (χ2v) is 5.74. The highest BCUT2D eigenvalue weighted by Crippen LogP contribution is 2.31. The summed E-state index contributed by atoms with van der Waals surface area (Å²) in [5, 5.41) is 4.31. The van der Waals surface area contributed by atoms with Gasteiger partial charge in [0.1, 0.15) is 0 Å². The number of hydrogen-bond acceptors (Lipinski definition) is 2. The molecule has 0 saturated heterocycles. The van der Waals surface area contributed by atoms with E-state index in [1.54, 1.807) is 0 Å². The number of rotatable bonds is 5. The van der Waals surface area contributed by atoms with Crippen molar-refractivity contribution in [3.8, 4) is 0 Å². The smallest absolute Gasteiger partial charge is 0.0646 e. The molecule has 20 heavy (non-hydrogen) atoms. The molecule has 2 aromatic rings. The van der Waals surface area contributed by atoms with Gasteiger partial charge in [0.25, 0.3) is 0 Å². The second kappa shape index (κ2) is 5.86. The van der Waals surface area contributed by atoms with Gasteiger partial charge in [0.2, 0.25) is 0 Å². The van der Waals surface area contributed by atoms with E-state index in [0.29, 0.717) is 0 Å². The van der Waals surface area contributed by atoms with Crippen LogP contribution >= 0.6 is 11.6 Å². The third-order valence-electron chi connectivity index (χ3n) is 3.69. The number of para-hydroxylation sites is 1. The van der Waals surface area contributed by atoms with E-state index in [2.05, 4.69) is 40.5 Å². The highest BCUT2D eigenvalue weighted by atomic mass is 35.5. The molecule has 0 atom stereocenters. The molecule has 104 valence electrons. The van der Waals surface area contributed by atoms with Crippen molar-refractivity contribution in [3.63, 3.8) is 0 Å². The molecule has 0 heterocycles. The first kappa shape index (κ1) is 13.5. The zero-order valence-electron chi connectivity index (χ0n) is 11.6. The van der Waals surface area contributed by atoms with Crippen LogP contribution in [0.4, 0.5) is 11.4 Å². The number of anilines is 2. The third kappa shape index (κ3) is 3.14. The Balaban J connectivity index is 1.76. The van der Waals surface area contributed by atoms with Crippen LogP contribution in [0.15, 0.2) is 48.5 Å². The van der Waals surface area contributed by atoms with Crippen LogP contribution in [0, 0.1) is 0 Å².